The van der Waals surface area contributed by atoms with Crippen LogP contribution in [0.4, 0.5) is 10.1 Å². The van der Waals surface area contributed by atoms with Gasteiger partial charge < -0.3 is 10.3 Å². The van der Waals surface area contributed by atoms with Gasteiger partial charge in [0.25, 0.3) is 5.56 Å². The maximum atomic E-state index is 13.9. The Hall–Kier alpha value is -3.84. The van der Waals surface area contributed by atoms with E-state index >= 15 is 0 Å². The Kier molecular flexibility index (Phi) is 5.86. The molecule has 0 bridgehead atoms. The van der Waals surface area contributed by atoms with Crippen molar-refractivity contribution in [3.8, 4) is 21.8 Å². The zero-order valence-electron chi connectivity index (χ0n) is 16.6. The number of hydrogen-bond donors (Lipinski definition) is 2. The van der Waals surface area contributed by atoms with E-state index in [0.29, 0.717) is 28.3 Å². The summed E-state index contributed by atoms with van der Waals surface area (Å²) in [7, 11) is 0. The van der Waals surface area contributed by atoms with Gasteiger partial charge in [-0.2, -0.15) is 0 Å². The molecule has 31 heavy (non-hydrogen) atoms. The molecule has 5 nitrogen and oxygen atoms in total. The lowest BCUT2D eigenvalue weighted by Crippen LogP contribution is -2.10. The Morgan fingerprint density at radius 2 is 1.94 bits per heavy atom. The number of nitrogens with zero attached hydrogens (tertiary/aromatic N) is 1. The molecule has 1 amide bonds. The third kappa shape index (κ3) is 5.02. The largest absolute Gasteiger partial charge is 0.322 e. The number of nitrogens with one attached hydrogen (secondary N) is 2. The van der Waals surface area contributed by atoms with E-state index in [-0.39, 0.29) is 17.3 Å². The van der Waals surface area contributed by atoms with E-state index in [1.807, 2.05) is 12.1 Å². The molecule has 4 rings (SSSR count). The van der Waals surface area contributed by atoms with Crippen LogP contribution in [0.25, 0.3) is 27.9 Å². The zero-order chi connectivity index (χ0) is 21.8. The summed E-state index contributed by atoms with van der Waals surface area (Å²) in [5.41, 5.74) is 2.19. The Balaban J connectivity index is 1.46. The molecule has 0 aliphatic rings. The lowest BCUT2D eigenvalue weighted by Gasteiger charge is -2.06. The molecule has 0 aliphatic heterocycles. The number of thiophene rings is 1. The molecular weight excluding hydrogens is 413 g/mol. The van der Waals surface area contributed by atoms with Gasteiger partial charge in [-0.3, -0.25) is 9.59 Å². The second-order valence-electron chi connectivity index (χ2n) is 6.82. The second kappa shape index (κ2) is 8.89. The van der Waals surface area contributed by atoms with Crippen molar-refractivity contribution in [1.82, 2.24) is 9.97 Å². The van der Waals surface area contributed by atoms with Crippen molar-refractivity contribution < 1.29 is 9.18 Å². The van der Waals surface area contributed by atoms with Crippen molar-refractivity contribution in [1.29, 1.82) is 0 Å². The maximum absolute atomic E-state index is 13.9. The fourth-order valence-electron chi connectivity index (χ4n) is 3.05. The Morgan fingerprint density at radius 3 is 2.74 bits per heavy atom. The van der Waals surface area contributed by atoms with Gasteiger partial charge in [-0.1, -0.05) is 30.3 Å². The molecule has 4 aromatic rings. The molecule has 0 fully saturated rings. The number of rotatable bonds is 5. The molecule has 2 aromatic carbocycles. The highest BCUT2D eigenvalue weighted by Crippen LogP contribution is 2.30. The zero-order valence-corrected chi connectivity index (χ0v) is 17.4. The summed E-state index contributed by atoms with van der Waals surface area (Å²) in [6.45, 7) is 1.75. The van der Waals surface area contributed by atoms with E-state index in [0.717, 1.165) is 9.75 Å². The SMILES string of the molecule is Cc1cc(=O)[nH]c(-c2cccc(NC(=O)/C=C/c3ccc(-c4ccccc4F)s3)c2)n1. The Bertz CT molecular complexity index is 1340. The number of hydrogen-bond acceptors (Lipinski definition) is 4. The van der Waals surface area contributed by atoms with Crippen LogP contribution in [0, 0.1) is 12.7 Å². The lowest BCUT2D eigenvalue weighted by atomic mass is 10.2. The molecule has 2 N–H and O–H groups in total. The standard InChI is InChI=1S/C24H18FN3O2S/c1-15-13-23(30)28-24(26-15)16-5-4-6-17(14-16)27-22(29)12-10-18-9-11-21(31-18)19-7-2-3-8-20(19)25/h2-14H,1H3,(H,27,29)(H,26,28,30)/b12-10+. The molecule has 0 saturated carbocycles. The first-order valence-corrected chi connectivity index (χ1v) is 10.3. The summed E-state index contributed by atoms with van der Waals surface area (Å²) in [6.07, 6.45) is 3.12. The summed E-state index contributed by atoms with van der Waals surface area (Å²) >= 11 is 1.40. The smallest absolute Gasteiger partial charge is 0.251 e. The molecule has 154 valence electrons. The van der Waals surface area contributed by atoms with Crippen LogP contribution in [0.15, 0.2) is 77.6 Å². The first-order valence-electron chi connectivity index (χ1n) is 9.50. The van der Waals surface area contributed by atoms with Crippen molar-refractivity contribution in [3.63, 3.8) is 0 Å². The van der Waals surface area contributed by atoms with Crippen molar-refractivity contribution in [2.45, 2.75) is 6.92 Å². The van der Waals surface area contributed by atoms with Crippen molar-refractivity contribution in [2.75, 3.05) is 5.32 Å². The second-order valence-corrected chi connectivity index (χ2v) is 7.94. The molecule has 7 heteroatoms. The highest BCUT2D eigenvalue weighted by molar-refractivity contribution is 7.16. The van der Waals surface area contributed by atoms with Gasteiger partial charge in [0.2, 0.25) is 5.91 Å². The van der Waals surface area contributed by atoms with Gasteiger partial charge in [-0.15, -0.1) is 11.3 Å². The van der Waals surface area contributed by atoms with Crippen LogP contribution >= 0.6 is 11.3 Å². The van der Waals surface area contributed by atoms with Crippen LogP contribution in [-0.4, -0.2) is 15.9 Å². The first kappa shape index (κ1) is 20.4. The predicted molar refractivity (Wildman–Crippen MR) is 122 cm³/mol. The Morgan fingerprint density at radius 1 is 1.10 bits per heavy atom. The van der Waals surface area contributed by atoms with Crippen molar-refractivity contribution in [2.24, 2.45) is 0 Å². The average Bonchev–Trinajstić information content (AvgIpc) is 3.21. The summed E-state index contributed by atoms with van der Waals surface area (Å²) in [5.74, 6) is -0.137. The lowest BCUT2D eigenvalue weighted by molar-refractivity contribution is -0.111. The summed E-state index contributed by atoms with van der Waals surface area (Å²) in [5, 5.41) is 2.80. The average molecular weight is 431 g/mol. The number of halogens is 1. The van der Waals surface area contributed by atoms with Crippen LogP contribution < -0.4 is 10.9 Å². The molecule has 2 aromatic heterocycles. The molecule has 0 unspecified atom stereocenters. The van der Waals surface area contributed by atoms with Crippen LogP contribution in [0.2, 0.25) is 0 Å². The number of anilines is 1. The van der Waals surface area contributed by atoms with Gasteiger partial charge in [0.15, 0.2) is 0 Å². The first-order chi connectivity index (χ1) is 15.0. The van der Waals surface area contributed by atoms with Crippen molar-refractivity contribution in [3.05, 3.63) is 99.5 Å². The van der Waals surface area contributed by atoms with Gasteiger partial charge >= 0.3 is 0 Å². The van der Waals surface area contributed by atoms with Crippen molar-refractivity contribution >= 4 is 29.0 Å². The topological polar surface area (TPSA) is 74.8 Å². The predicted octanol–water partition coefficient (Wildman–Crippen LogP) is 5.26. The van der Waals surface area contributed by atoms with Crippen LogP contribution in [-0.2, 0) is 4.79 Å². The maximum Gasteiger partial charge on any atom is 0.251 e. The fourth-order valence-corrected chi connectivity index (χ4v) is 3.99. The molecular formula is C24H18FN3O2S. The molecule has 0 radical (unpaired) electrons. The Labute approximate surface area is 181 Å². The van der Waals surface area contributed by atoms with Crippen LogP contribution in [0.3, 0.4) is 0 Å². The van der Waals surface area contributed by atoms with E-state index in [9.17, 15) is 14.0 Å². The van der Waals surface area contributed by atoms with E-state index in [1.54, 1.807) is 55.5 Å². The number of benzene rings is 2. The van der Waals surface area contributed by atoms with Gasteiger partial charge in [0.05, 0.1) is 0 Å². The third-order valence-electron chi connectivity index (χ3n) is 4.44. The van der Waals surface area contributed by atoms with Crippen LogP contribution in [0.1, 0.15) is 10.6 Å². The molecule has 0 atom stereocenters. The van der Waals surface area contributed by atoms with Gasteiger partial charge in [-0.25, -0.2) is 9.37 Å². The van der Waals surface area contributed by atoms with E-state index in [2.05, 4.69) is 15.3 Å². The van der Waals surface area contributed by atoms with E-state index < -0.39 is 0 Å². The summed E-state index contributed by atoms with van der Waals surface area (Å²) in [4.78, 5) is 32.7. The monoisotopic (exact) mass is 431 g/mol. The van der Waals surface area contributed by atoms with E-state index in [4.69, 9.17) is 0 Å². The molecule has 0 spiro atoms. The van der Waals surface area contributed by atoms with Gasteiger partial charge in [0, 0.05) is 44.4 Å². The summed E-state index contributed by atoms with van der Waals surface area (Å²) < 4.78 is 13.9. The van der Waals surface area contributed by atoms with E-state index in [1.165, 1.54) is 29.5 Å². The molecule has 0 saturated heterocycles. The third-order valence-corrected chi connectivity index (χ3v) is 5.52. The van der Waals surface area contributed by atoms with Gasteiger partial charge in [-0.05, 0) is 43.3 Å². The quantitative estimate of drug-likeness (QED) is 0.423. The molecule has 0 aliphatic carbocycles. The highest BCUT2D eigenvalue weighted by atomic mass is 32.1. The number of aryl methyl sites for hydroxylation is 1. The minimum absolute atomic E-state index is 0.231. The molecule has 2 heterocycles. The summed E-state index contributed by atoms with van der Waals surface area (Å²) in [6, 6.07) is 18.8. The number of aromatic amines is 1. The van der Waals surface area contributed by atoms with Crippen LogP contribution in [0.5, 0.6) is 0 Å². The minimum atomic E-state index is -0.302. The number of aromatic nitrogens is 2. The fraction of sp³-hybridized carbons (Fsp3) is 0.0417. The number of carbonyl (C=O) groups excluding carboxylic acids is 1. The number of carbonyl (C=O) groups is 1. The highest BCUT2D eigenvalue weighted by Gasteiger charge is 2.07. The minimum Gasteiger partial charge on any atom is -0.322 e. The number of amides is 1. The van der Waals surface area contributed by atoms with Gasteiger partial charge in [0.1, 0.15) is 11.6 Å². The number of H-pyrrole nitrogens is 1. The normalized spacial score (nSPS) is 11.0.